The van der Waals surface area contributed by atoms with Crippen LogP contribution in [0, 0.1) is 5.92 Å². The molecular formula is C14H23N3OS. The lowest BCUT2D eigenvalue weighted by molar-refractivity contribution is 0.556. The molecule has 1 heterocycles. The van der Waals surface area contributed by atoms with Crippen LogP contribution in [0.1, 0.15) is 38.8 Å². The summed E-state index contributed by atoms with van der Waals surface area (Å²) in [5.41, 5.74) is 0.863. The van der Waals surface area contributed by atoms with Crippen molar-refractivity contribution in [2.24, 2.45) is 5.92 Å². The second-order valence-corrected chi connectivity index (χ2v) is 6.40. The van der Waals surface area contributed by atoms with E-state index in [9.17, 15) is 4.79 Å². The van der Waals surface area contributed by atoms with Crippen molar-refractivity contribution in [2.45, 2.75) is 50.7 Å². The van der Waals surface area contributed by atoms with Crippen LogP contribution in [0.5, 0.6) is 0 Å². The number of H-pyrrole nitrogens is 1. The van der Waals surface area contributed by atoms with Crippen LogP contribution >= 0.6 is 11.8 Å². The Kier molecular flexibility index (Phi) is 5.45. The maximum Gasteiger partial charge on any atom is 0.251 e. The van der Waals surface area contributed by atoms with E-state index in [0.29, 0.717) is 5.92 Å². The first kappa shape index (κ1) is 14.6. The highest BCUT2D eigenvalue weighted by Gasteiger charge is 2.20. The van der Waals surface area contributed by atoms with E-state index < -0.39 is 0 Å². The van der Waals surface area contributed by atoms with E-state index in [0.717, 1.165) is 42.0 Å². The van der Waals surface area contributed by atoms with Crippen molar-refractivity contribution in [3.63, 3.8) is 0 Å². The molecule has 1 aliphatic carbocycles. The van der Waals surface area contributed by atoms with Gasteiger partial charge in [0.1, 0.15) is 0 Å². The summed E-state index contributed by atoms with van der Waals surface area (Å²) in [4.78, 5) is 18.8. The van der Waals surface area contributed by atoms with Crippen LogP contribution < -0.4 is 10.9 Å². The second kappa shape index (κ2) is 7.10. The van der Waals surface area contributed by atoms with Crippen LogP contribution in [0.15, 0.2) is 16.0 Å². The zero-order chi connectivity index (χ0) is 13.7. The SMILES string of the molecule is CCCc1cc(=O)[nH]c(SCC(C)CNC2CC2)n1. The molecule has 2 N–H and O–H groups in total. The van der Waals surface area contributed by atoms with Crippen molar-refractivity contribution in [3.05, 3.63) is 22.1 Å². The molecule has 1 aliphatic rings. The van der Waals surface area contributed by atoms with Crippen molar-refractivity contribution in [2.75, 3.05) is 12.3 Å². The van der Waals surface area contributed by atoms with Crippen molar-refractivity contribution < 1.29 is 0 Å². The molecule has 1 atom stereocenters. The topological polar surface area (TPSA) is 57.8 Å². The maximum atomic E-state index is 11.5. The molecule has 5 heteroatoms. The highest BCUT2D eigenvalue weighted by molar-refractivity contribution is 7.99. The van der Waals surface area contributed by atoms with Gasteiger partial charge in [-0.1, -0.05) is 32.0 Å². The van der Waals surface area contributed by atoms with Gasteiger partial charge in [-0.15, -0.1) is 0 Å². The van der Waals surface area contributed by atoms with Crippen molar-refractivity contribution >= 4 is 11.8 Å². The Morgan fingerprint density at radius 1 is 1.58 bits per heavy atom. The third-order valence-electron chi connectivity index (χ3n) is 3.12. The molecule has 1 fully saturated rings. The Bertz CT molecular complexity index is 456. The van der Waals surface area contributed by atoms with Crippen LogP contribution in [-0.4, -0.2) is 28.3 Å². The van der Waals surface area contributed by atoms with E-state index in [1.807, 2.05) is 0 Å². The molecule has 0 spiro atoms. The molecular weight excluding hydrogens is 258 g/mol. The van der Waals surface area contributed by atoms with Crippen molar-refractivity contribution in [1.82, 2.24) is 15.3 Å². The summed E-state index contributed by atoms with van der Waals surface area (Å²) in [6.45, 7) is 5.38. The molecule has 106 valence electrons. The van der Waals surface area contributed by atoms with Crippen LogP contribution in [0.3, 0.4) is 0 Å². The lowest BCUT2D eigenvalue weighted by Crippen LogP contribution is -2.24. The monoisotopic (exact) mass is 281 g/mol. The van der Waals surface area contributed by atoms with Crippen LogP contribution in [0.25, 0.3) is 0 Å². The minimum Gasteiger partial charge on any atom is -0.314 e. The minimum absolute atomic E-state index is 0.0373. The fourth-order valence-corrected chi connectivity index (χ4v) is 2.79. The van der Waals surface area contributed by atoms with Gasteiger partial charge in [0.15, 0.2) is 5.16 Å². The van der Waals surface area contributed by atoms with Crippen molar-refractivity contribution in [1.29, 1.82) is 0 Å². The van der Waals surface area contributed by atoms with Gasteiger partial charge in [-0.3, -0.25) is 4.79 Å². The first-order valence-corrected chi connectivity index (χ1v) is 8.12. The average molecular weight is 281 g/mol. The first-order valence-electron chi connectivity index (χ1n) is 7.13. The summed E-state index contributed by atoms with van der Waals surface area (Å²) >= 11 is 1.65. The number of nitrogens with one attached hydrogen (secondary N) is 2. The summed E-state index contributed by atoms with van der Waals surface area (Å²) in [5, 5.41) is 4.29. The predicted molar refractivity (Wildman–Crippen MR) is 79.8 cm³/mol. The normalized spacial score (nSPS) is 16.5. The molecule has 0 saturated heterocycles. The number of aryl methyl sites for hydroxylation is 1. The van der Waals surface area contributed by atoms with Gasteiger partial charge in [0.2, 0.25) is 0 Å². The number of nitrogens with zero attached hydrogens (tertiary/aromatic N) is 1. The Labute approximate surface area is 118 Å². The average Bonchev–Trinajstić information content (AvgIpc) is 3.18. The lowest BCUT2D eigenvalue weighted by Gasteiger charge is -2.11. The zero-order valence-electron chi connectivity index (χ0n) is 11.7. The smallest absolute Gasteiger partial charge is 0.251 e. The van der Waals surface area contributed by atoms with Gasteiger partial charge >= 0.3 is 0 Å². The van der Waals surface area contributed by atoms with Gasteiger partial charge < -0.3 is 10.3 Å². The van der Waals surface area contributed by atoms with Gasteiger partial charge in [-0.25, -0.2) is 4.98 Å². The van der Waals surface area contributed by atoms with E-state index in [2.05, 4.69) is 29.1 Å². The van der Waals surface area contributed by atoms with E-state index in [4.69, 9.17) is 0 Å². The number of aromatic nitrogens is 2. The Morgan fingerprint density at radius 3 is 3.05 bits per heavy atom. The lowest BCUT2D eigenvalue weighted by atomic mass is 10.2. The molecule has 0 aliphatic heterocycles. The van der Waals surface area contributed by atoms with Crippen LogP contribution in [0.2, 0.25) is 0 Å². The summed E-state index contributed by atoms with van der Waals surface area (Å²) in [7, 11) is 0. The molecule has 1 unspecified atom stereocenters. The van der Waals surface area contributed by atoms with Gasteiger partial charge in [-0.2, -0.15) is 0 Å². The first-order chi connectivity index (χ1) is 9.17. The van der Waals surface area contributed by atoms with Gasteiger partial charge in [0.25, 0.3) is 5.56 Å². The molecule has 0 bridgehead atoms. The number of aromatic amines is 1. The molecule has 1 saturated carbocycles. The Morgan fingerprint density at radius 2 is 2.37 bits per heavy atom. The predicted octanol–water partition coefficient (Wildman–Crippen LogP) is 2.20. The van der Waals surface area contributed by atoms with Gasteiger partial charge in [0.05, 0.1) is 0 Å². The van der Waals surface area contributed by atoms with Crippen molar-refractivity contribution in [3.8, 4) is 0 Å². The molecule has 2 rings (SSSR count). The third-order valence-corrected chi connectivity index (χ3v) is 4.32. The van der Waals surface area contributed by atoms with Crippen LogP contribution in [0.4, 0.5) is 0 Å². The molecule has 1 aromatic heterocycles. The van der Waals surface area contributed by atoms with Gasteiger partial charge in [0, 0.05) is 23.6 Å². The number of thioether (sulfide) groups is 1. The van der Waals surface area contributed by atoms with E-state index in [1.54, 1.807) is 17.8 Å². The number of rotatable bonds is 8. The fourth-order valence-electron chi connectivity index (χ4n) is 1.87. The number of hydrogen-bond acceptors (Lipinski definition) is 4. The second-order valence-electron chi connectivity index (χ2n) is 5.39. The molecule has 19 heavy (non-hydrogen) atoms. The summed E-state index contributed by atoms with van der Waals surface area (Å²) < 4.78 is 0. The Hall–Kier alpha value is -0.810. The third kappa shape index (κ3) is 5.37. The summed E-state index contributed by atoms with van der Waals surface area (Å²) in [6.07, 6.45) is 4.54. The standard InChI is InChI=1S/C14H23N3OS/c1-3-4-12-7-13(18)17-14(16-12)19-9-10(2)8-15-11-5-6-11/h7,10-11,15H,3-6,8-9H2,1-2H3,(H,16,17,18). The Balaban J connectivity index is 1.81. The summed E-state index contributed by atoms with van der Waals surface area (Å²) in [6, 6.07) is 2.37. The van der Waals surface area contributed by atoms with E-state index in [-0.39, 0.29) is 5.56 Å². The molecule has 0 radical (unpaired) electrons. The van der Waals surface area contributed by atoms with E-state index in [1.165, 1.54) is 12.8 Å². The molecule has 4 nitrogen and oxygen atoms in total. The highest BCUT2D eigenvalue weighted by atomic mass is 32.2. The largest absolute Gasteiger partial charge is 0.314 e. The number of hydrogen-bond donors (Lipinski definition) is 2. The van der Waals surface area contributed by atoms with E-state index >= 15 is 0 Å². The zero-order valence-corrected chi connectivity index (χ0v) is 12.6. The fraction of sp³-hybridized carbons (Fsp3) is 0.714. The molecule has 1 aromatic rings. The maximum absolute atomic E-state index is 11.5. The molecule has 0 aromatic carbocycles. The molecule has 0 amide bonds. The highest BCUT2D eigenvalue weighted by Crippen LogP contribution is 2.20. The summed E-state index contributed by atoms with van der Waals surface area (Å²) in [5.74, 6) is 1.57. The quantitative estimate of drug-likeness (QED) is 0.566. The van der Waals surface area contributed by atoms with Crippen LogP contribution in [-0.2, 0) is 6.42 Å². The van der Waals surface area contributed by atoms with Gasteiger partial charge in [-0.05, 0) is 31.7 Å². The minimum atomic E-state index is -0.0373.